The summed E-state index contributed by atoms with van der Waals surface area (Å²) in [4.78, 5) is 11.7. The fraction of sp³-hybridized carbons (Fsp3) is 0.123. The van der Waals surface area contributed by atoms with Crippen LogP contribution >= 0.6 is 0 Å². The Morgan fingerprint density at radius 1 is 0.557 bits per heavy atom. The molecule has 0 fully saturated rings. The molecule has 8 aromatic carbocycles. The summed E-state index contributed by atoms with van der Waals surface area (Å²) < 4.78 is 2.47. The van der Waals surface area contributed by atoms with Gasteiger partial charge in [0.25, 0.3) is 0 Å². The zero-order chi connectivity index (χ0) is 41.1. The number of para-hydroxylation sites is 1. The minimum atomic E-state index is -0.140. The molecule has 4 nitrogen and oxygen atoms in total. The number of nitrogens with zero attached hydrogens (tertiary/aromatic N) is 4. The van der Waals surface area contributed by atoms with E-state index in [0.717, 1.165) is 34.7 Å². The number of hydrogen-bond donors (Lipinski definition) is 0. The van der Waals surface area contributed by atoms with Crippen molar-refractivity contribution >= 4 is 51.4 Å². The third-order valence-electron chi connectivity index (χ3n) is 13.1. The second kappa shape index (κ2) is 14.8. The molecule has 2 aliphatic rings. The van der Waals surface area contributed by atoms with Gasteiger partial charge in [-0.15, -0.1) is 0 Å². The highest BCUT2D eigenvalue weighted by atomic mass is 15.1. The molecule has 11 rings (SSSR count). The van der Waals surface area contributed by atoms with Crippen LogP contribution in [0.4, 0.5) is 17.1 Å². The van der Waals surface area contributed by atoms with Crippen LogP contribution in [0.3, 0.4) is 0 Å². The highest BCUT2D eigenvalue weighted by molar-refractivity contribution is 6.20. The van der Waals surface area contributed by atoms with Crippen LogP contribution in [-0.2, 0) is 5.41 Å². The van der Waals surface area contributed by atoms with Crippen molar-refractivity contribution in [1.29, 1.82) is 0 Å². The SMILES string of the molecule is CC[C@@H]1C=NC=NC1c1ccc(N(c2ccc3c(c2)C(C)(C)c2ccccc2-3)c2ccc3c(c2)c2c(-c4ccccc4)ccc(-c4ccccc4)c2n3-c2ccccc2)cc1. The first-order valence-electron chi connectivity index (χ1n) is 21.5. The second-order valence-electron chi connectivity index (χ2n) is 16.9. The van der Waals surface area contributed by atoms with Crippen molar-refractivity contribution in [3.05, 3.63) is 205 Å². The molecule has 0 N–H and O–H groups in total. The highest BCUT2D eigenvalue weighted by Gasteiger charge is 2.36. The summed E-state index contributed by atoms with van der Waals surface area (Å²) in [6.07, 6.45) is 4.74. The molecule has 0 bridgehead atoms. The molecule has 2 heterocycles. The van der Waals surface area contributed by atoms with Gasteiger partial charge in [-0.05, 0) is 106 Å². The number of aliphatic imine (C=N–C) groups is 2. The van der Waals surface area contributed by atoms with Crippen molar-refractivity contribution in [2.45, 2.75) is 38.6 Å². The molecule has 0 saturated carbocycles. The first-order chi connectivity index (χ1) is 30.0. The molecule has 0 saturated heterocycles. The average Bonchev–Trinajstić information content (AvgIpc) is 3.78. The molecule has 2 atom stereocenters. The van der Waals surface area contributed by atoms with Crippen LogP contribution in [0.5, 0.6) is 0 Å². The normalized spacial score (nSPS) is 16.2. The van der Waals surface area contributed by atoms with Crippen molar-refractivity contribution in [2.24, 2.45) is 15.9 Å². The molecule has 61 heavy (non-hydrogen) atoms. The van der Waals surface area contributed by atoms with E-state index in [1.165, 1.54) is 66.4 Å². The zero-order valence-electron chi connectivity index (χ0n) is 34.7. The monoisotopic (exact) mass is 786 g/mol. The number of fused-ring (bicyclic) bond motifs is 6. The Bertz CT molecular complexity index is 3140. The smallest absolute Gasteiger partial charge is 0.110 e. The molecule has 4 heteroatoms. The fourth-order valence-corrected chi connectivity index (χ4v) is 10.0. The van der Waals surface area contributed by atoms with Crippen LogP contribution < -0.4 is 4.90 Å². The summed E-state index contributed by atoms with van der Waals surface area (Å²) in [5.74, 6) is 0.274. The first-order valence-corrected chi connectivity index (χ1v) is 21.5. The summed E-state index contributed by atoms with van der Waals surface area (Å²) in [7, 11) is 0. The van der Waals surface area contributed by atoms with E-state index in [0.29, 0.717) is 0 Å². The van der Waals surface area contributed by atoms with Gasteiger partial charge >= 0.3 is 0 Å². The van der Waals surface area contributed by atoms with E-state index < -0.39 is 0 Å². The molecule has 1 aromatic heterocycles. The van der Waals surface area contributed by atoms with E-state index in [1.54, 1.807) is 6.34 Å². The van der Waals surface area contributed by atoms with Gasteiger partial charge in [0.1, 0.15) is 6.34 Å². The average molecular weight is 787 g/mol. The van der Waals surface area contributed by atoms with Crippen molar-refractivity contribution in [3.8, 4) is 39.1 Å². The van der Waals surface area contributed by atoms with Crippen LogP contribution in [0.1, 0.15) is 49.9 Å². The molecule has 1 unspecified atom stereocenters. The van der Waals surface area contributed by atoms with E-state index in [9.17, 15) is 0 Å². The molecule has 294 valence electrons. The van der Waals surface area contributed by atoms with Gasteiger partial charge < -0.3 is 9.47 Å². The van der Waals surface area contributed by atoms with Crippen molar-refractivity contribution in [3.63, 3.8) is 0 Å². The van der Waals surface area contributed by atoms with E-state index in [4.69, 9.17) is 4.99 Å². The van der Waals surface area contributed by atoms with E-state index in [2.05, 4.69) is 230 Å². The van der Waals surface area contributed by atoms with Gasteiger partial charge in [0.2, 0.25) is 0 Å². The van der Waals surface area contributed by atoms with Crippen molar-refractivity contribution in [2.75, 3.05) is 4.90 Å². The fourth-order valence-electron chi connectivity index (χ4n) is 10.0. The van der Waals surface area contributed by atoms with E-state index in [1.807, 2.05) is 0 Å². The Hall–Kier alpha value is -7.30. The third kappa shape index (κ3) is 6.04. The lowest BCUT2D eigenvalue weighted by Gasteiger charge is -2.29. The molecule has 0 spiro atoms. The summed E-state index contributed by atoms with van der Waals surface area (Å²) in [6.45, 7) is 6.93. The predicted molar refractivity (Wildman–Crippen MR) is 257 cm³/mol. The lowest BCUT2D eigenvalue weighted by atomic mass is 9.82. The summed E-state index contributed by atoms with van der Waals surface area (Å²) in [5.41, 5.74) is 18.0. The van der Waals surface area contributed by atoms with Gasteiger partial charge in [-0.1, -0.05) is 154 Å². The Labute approximate surface area is 357 Å². The predicted octanol–water partition coefficient (Wildman–Crippen LogP) is 15.1. The summed E-state index contributed by atoms with van der Waals surface area (Å²) in [6, 6.07) is 69.2. The Morgan fingerprint density at radius 3 is 1.89 bits per heavy atom. The number of rotatable bonds is 8. The van der Waals surface area contributed by atoms with Crippen molar-refractivity contribution < 1.29 is 0 Å². The number of anilines is 3. The minimum absolute atomic E-state index is 0.0555. The molecule has 9 aromatic rings. The van der Waals surface area contributed by atoms with Gasteiger partial charge in [-0.3, -0.25) is 4.99 Å². The van der Waals surface area contributed by atoms with Crippen LogP contribution in [0, 0.1) is 5.92 Å². The van der Waals surface area contributed by atoms with Gasteiger partial charge in [-0.2, -0.15) is 0 Å². The maximum absolute atomic E-state index is 4.83. The number of hydrogen-bond acceptors (Lipinski definition) is 3. The summed E-state index contributed by atoms with van der Waals surface area (Å²) >= 11 is 0. The maximum Gasteiger partial charge on any atom is 0.110 e. The van der Waals surface area contributed by atoms with E-state index in [-0.39, 0.29) is 17.4 Å². The van der Waals surface area contributed by atoms with Crippen LogP contribution in [-0.4, -0.2) is 17.1 Å². The Morgan fingerprint density at radius 2 is 1.15 bits per heavy atom. The van der Waals surface area contributed by atoms with Gasteiger partial charge in [0, 0.05) is 56.6 Å². The van der Waals surface area contributed by atoms with Crippen molar-refractivity contribution in [1.82, 2.24) is 4.57 Å². The van der Waals surface area contributed by atoms with Gasteiger partial charge in [-0.25, -0.2) is 4.99 Å². The summed E-state index contributed by atoms with van der Waals surface area (Å²) in [5, 5.41) is 2.43. The first kappa shape index (κ1) is 36.8. The second-order valence-corrected chi connectivity index (χ2v) is 16.9. The Kier molecular flexibility index (Phi) is 8.89. The maximum atomic E-state index is 4.83. The molecule has 1 aliphatic heterocycles. The number of benzene rings is 8. The minimum Gasteiger partial charge on any atom is -0.310 e. The lowest BCUT2D eigenvalue weighted by Crippen LogP contribution is -2.17. The van der Waals surface area contributed by atoms with Crippen LogP contribution in [0.15, 0.2) is 198 Å². The molecular weight excluding hydrogens is 741 g/mol. The highest BCUT2D eigenvalue weighted by Crippen LogP contribution is 2.51. The number of aromatic nitrogens is 1. The lowest BCUT2D eigenvalue weighted by molar-refractivity contribution is 0.544. The van der Waals surface area contributed by atoms with Gasteiger partial charge in [0.05, 0.1) is 17.1 Å². The molecule has 0 amide bonds. The third-order valence-corrected chi connectivity index (χ3v) is 13.1. The molecule has 1 aliphatic carbocycles. The van der Waals surface area contributed by atoms with Gasteiger partial charge in [0.15, 0.2) is 0 Å². The molecular formula is C57H46N4. The van der Waals surface area contributed by atoms with Crippen LogP contribution in [0.2, 0.25) is 0 Å². The zero-order valence-corrected chi connectivity index (χ0v) is 34.7. The topological polar surface area (TPSA) is 32.9 Å². The Balaban J connectivity index is 1.18. The largest absolute Gasteiger partial charge is 0.310 e. The van der Waals surface area contributed by atoms with E-state index >= 15 is 0 Å². The standard InChI is InChI=1S/C57H46N4/c1-4-38-36-58-37-59-55(38)41-24-26-43(27-25-41)60(45-28-30-49-48-22-14-15-23-51(48)57(2,3)52(49)35-45)44-29-33-53-50(34-44)54-46(39-16-8-5-9-17-39)31-32-47(40-18-10-6-11-19-40)56(54)61(53)42-20-12-7-13-21-42/h5-38,55H,4H2,1-3H3/t38-,55?/m1/s1. The molecule has 0 radical (unpaired) electrons. The quantitative estimate of drug-likeness (QED) is 0.151. The van der Waals surface area contributed by atoms with Crippen LogP contribution in [0.25, 0.3) is 60.9 Å².